The van der Waals surface area contributed by atoms with Crippen molar-refractivity contribution in [3.8, 4) is 11.3 Å². The van der Waals surface area contributed by atoms with E-state index in [0.29, 0.717) is 34.5 Å². The van der Waals surface area contributed by atoms with Gasteiger partial charge in [-0.1, -0.05) is 52.6 Å². The molecule has 1 aliphatic rings. The Kier molecular flexibility index (Phi) is 5.04. The van der Waals surface area contributed by atoms with Gasteiger partial charge in [-0.25, -0.2) is 0 Å². The lowest BCUT2D eigenvalue weighted by molar-refractivity contribution is 0.0714. The van der Waals surface area contributed by atoms with Crippen LogP contribution in [0.2, 0.25) is 10.0 Å². The van der Waals surface area contributed by atoms with E-state index >= 15 is 0 Å². The van der Waals surface area contributed by atoms with E-state index in [1.54, 1.807) is 33.8 Å². The lowest BCUT2D eigenvalue weighted by Crippen LogP contribution is -2.38. The lowest BCUT2D eigenvalue weighted by atomic mass is 9.86. The highest BCUT2D eigenvalue weighted by atomic mass is 35.5. The first kappa shape index (κ1) is 19.8. The molecule has 4 aromatic rings. The van der Waals surface area contributed by atoms with Crippen molar-refractivity contribution in [1.29, 1.82) is 0 Å². The number of aryl methyl sites for hydroxylation is 1. The summed E-state index contributed by atoms with van der Waals surface area (Å²) < 4.78 is 7.21. The van der Waals surface area contributed by atoms with Crippen molar-refractivity contribution < 1.29 is 9.32 Å². The van der Waals surface area contributed by atoms with Crippen LogP contribution in [0.4, 0.5) is 0 Å². The average Bonchev–Trinajstić information content (AvgIpc) is 3.42. The molecule has 1 aliphatic heterocycles. The van der Waals surface area contributed by atoms with Gasteiger partial charge in [0.25, 0.3) is 5.91 Å². The number of carbonyl (C=O) groups is 1. The molecule has 3 heterocycles. The Morgan fingerprint density at radius 1 is 1.16 bits per heavy atom. The van der Waals surface area contributed by atoms with E-state index in [9.17, 15) is 4.79 Å². The fourth-order valence-electron chi connectivity index (χ4n) is 4.02. The van der Waals surface area contributed by atoms with Crippen molar-refractivity contribution in [3.63, 3.8) is 0 Å². The number of rotatable bonds is 3. The molecule has 0 saturated carbocycles. The molecule has 0 N–H and O–H groups in total. The van der Waals surface area contributed by atoms with Crippen molar-refractivity contribution in [1.82, 2.24) is 19.8 Å². The lowest BCUT2D eigenvalue weighted by Gasteiger charge is -2.34. The minimum absolute atomic E-state index is 0.0414. The third kappa shape index (κ3) is 3.73. The monoisotopic (exact) mass is 452 g/mol. The van der Waals surface area contributed by atoms with E-state index in [1.165, 1.54) is 5.56 Å². The molecule has 156 valence electrons. The minimum atomic E-state index is -0.191. The largest absolute Gasteiger partial charge is 0.355 e. The Morgan fingerprint density at radius 2 is 2.00 bits per heavy atom. The molecule has 31 heavy (non-hydrogen) atoms. The molecule has 1 atom stereocenters. The molecule has 8 heteroatoms. The Hall–Kier alpha value is -3.09. The molecule has 1 unspecified atom stereocenters. The molecular formula is C23H18Cl2N4O2. The first-order valence-electron chi connectivity index (χ1n) is 9.77. The molecule has 5 rings (SSSR count). The SMILES string of the molecule is Cn1cc(C2CN(C(=O)c3cc(-c4ccc(Cl)cc4Cl)on3)Cc3ccccc32)cn1. The molecule has 0 radical (unpaired) electrons. The maximum atomic E-state index is 13.3. The summed E-state index contributed by atoms with van der Waals surface area (Å²) >= 11 is 12.2. The zero-order valence-electron chi connectivity index (χ0n) is 16.6. The van der Waals surface area contributed by atoms with Gasteiger partial charge in [-0.15, -0.1) is 0 Å². The van der Waals surface area contributed by atoms with Gasteiger partial charge < -0.3 is 9.42 Å². The maximum Gasteiger partial charge on any atom is 0.276 e. The second-order valence-corrected chi connectivity index (χ2v) is 8.43. The van der Waals surface area contributed by atoms with Gasteiger partial charge in [0.15, 0.2) is 11.5 Å². The molecular weight excluding hydrogens is 435 g/mol. The number of halogens is 2. The summed E-state index contributed by atoms with van der Waals surface area (Å²) in [4.78, 5) is 15.1. The summed E-state index contributed by atoms with van der Waals surface area (Å²) in [6.07, 6.45) is 3.85. The molecule has 0 saturated heterocycles. The van der Waals surface area contributed by atoms with Gasteiger partial charge >= 0.3 is 0 Å². The molecule has 0 spiro atoms. The van der Waals surface area contributed by atoms with E-state index < -0.39 is 0 Å². The summed E-state index contributed by atoms with van der Waals surface area (Å²) in [5.41, 5.74) is 4.27. The number of fused-ring (bicyclic) bond motifs is 1. The number of nitrogens with zero attached hydrogens (tertiary/aromatic N) is 4. The van der Waals surface area contributed by atoms with Gasteiger partial charge in [-0.2, -0.15) is 5.10 Å². The number of hydrogen-bond donors (Lipinski definition) is 0. The average molecular weight is 453 g/mol. The molecule has 2 aromatic carbocycles. The molecule has 0 aliphatic carbocycles. The van der Waals surface area contributed by atoms with Gasteiger partial charge in [0.2, 0.25) is 0 Å². The zero-order chi connectivity index (χ0) is 21.5. The Labute approximate surface area is 189 Å². The number of aromatic nitrogens is 3. The predicted molar refractivity (Wildman–Crippen MR) is 118 cm³/mol. The van der Waals surface area contributed by atoms with E-state index in [4.69, 9.17) is 27.7 Å². The molecule has 0 bridgehead atoms. The quantitative estimate of drug-likeness (QED) is 0.430. The molecule has 0 fully saturated rings. The van der Waals surface area contributed by atoms with Crippen molar-refractivity contribution in [2.45, 2.75) is 12.5 Å². The van der Waals surface area contributed by atoms with Crippen molar-refractivity contribution in [2.24, 2.45) is 7.05 Å². The topological polar surface area (TPSA) is 64.2 Å². The molecule has 2 aromatic heterocycles. The summed E-state index contributed by atoms with van der Waals surface area (Å²) in [6.45, 7) is 1.04. The van der Waals surface area contributed by atoms with E-state index in [2.05, 4.69) is 22.4 Å². The number of amides is 1. The summed E-state index contributed by atoms with van der Waals surface area (Å²) in [6, 6.07) is 14.9. The molecule has 1 amide bonds. The number of hydrogen-bond acceptors (Lipinski definition) is 4. The summed E-state index contributed by atoms with van der Waals surface area (Å²) in [5, 5.41) is 9.29. The highest BCUT2D eigenvalue weighted by Crippen LogP contribution is 2.35. The second kappa shape index (κ2) is 7.87. The smallest absolute Gasteiger partial charge is 0.276 e. The van der Waals surface area contributed by atoms with Crippen molar-refractivity contribution >= 4 is 29.1 Å². The van der Waals surface area contributed by atoms with Gasteiger partial charge in [0.1, 0.15) is 0 Å². The van der Waals surface area contributed by atoms with E-state index in [-0.39, 0.29) is 17.5 Å². The van der Waals surface area contributed by atoms with Gasteiger partial charge in [-0.05, 0) is 34.9 Å². The normalized spacial score (nSPS) is 15.7. The third-order valence-electron chi connectivity index (χ3n) is 5.53. The van der Waals surface area contributed by atoms with Crippen LogP contribution in [-0.4, -0.2) is 32.3 Å². The zero-order valence-corrected chi connectivity index (χ0v) is 18.1. The van der Waals surface area contributed by atoms with Crippen LogP contribution in [0.1, 0.15) is 33.1 Å². The van der Waals surface area contributed by atoms with Gasteiger partial charge in [0, 0.05) is 48.9 Å². The number of carbonyl (C=O) groups excluding carboxylic acids is 1. The van der Waals surface area contributed by atoms with Crippen LogP contribution in [-0.2, 0) is 13.6 Å². The van der Waals surface area contributed by atoms with Crippen molar-refractivity contribution in [2.75, 3.05) is 6.54 Å². The van der Waals surface area contributed by atoms with Crippen LogP contribution in [0.5, 0.6) is 0 Å². The van der Waals surface area contributed by atoms with Crippen LogP contribution in [0, 0.1) is 0 Å². The van der Waals surface area contributed by atoms with Crippen LogP contribution in [0.25, 0.3) is 11.3 Å². The molecule has 6 nitrogen and oxygen atoms in total. The Bertz CT molecular complexity index is 1280. The summed E-state index contributed by atoms with van der Waals surface area (Å²) in [5.74, 6) is 0.273. The fourth-order valence-corrected chi connectivity index (χ4v) is 4.52. The first-order valence-corrected chi connectivity index (χ1v) is 10.5. The van der Waals surface area contributed by atoms with Crippen LogP contribution in [0.15, 0.2) is 65.4 Å². The second-order valence-electron chi connectivity index (χ2n) is 7.58. The van der Waals surface area contributed by atoms with E-state index in [0.717, 1.165) is 11.1 Å². The Morgan fingerprint density at radius 3 is 2.77 bits per heavy atom. The maximum absolute atomic E-state index is 13.3. The first-order chi connectivity index (χ1) is 15.0. The van der Waals surface area contributed by atoms with Crippen LogP contribution in [0.3, 0.4) is 0 Å². The van der Waals surface area contributed by atoms with Crippen LogP contribution >= 0.6 is 23.2 Å². The number of benzene rings is 2. The highest BCUT2D eigenvalue weighted by Gasteiger charge is 2.31. The van der Waals surface area contributed by atoms with Gasteiger partial charge in [0.05, 0.1) is 11.2 Å². The van der Waals surface area contributed by atoms with Crippen LogP contribution < -0.4 is 0 Å². The highest BCUT2D eigenvalue weighted by molar-refractivity contribution is 6.36. The predicted octanol–water partition coefficient (Wildman–Crippen LogP) is 5.17. The Balaban J connectivity index is 1.45. The summed E-state index contributed by atoms with van der Waals surface area (Å²) in [7, 11) is 1.89. The van der Waals surface area contributed by atoms with E-state index in [1.807, 2.05) is 31.6 Å². The fraction of sp³-hybridized carbons (Fsp3) is 0.174. The minimum Gasteiger partial charge on any atom is -0.355 e. The standard InChI is InChI=1S/C23H18Cl2N4O2/c1-28-11-15(10-26-28)19-13-29(12-14-4-2-3-5-17(14)19)23(30)21-9-22(31-27-21)18-7-6-16(24)8-20(18)25/h2-11,19H,12-13H2,1H3. The third-order valence-corrected chi connectivity index (χ3v) is 6.08. The van der Waals surface area contributed by atoms with Crippen molar-refractivity contribution in [3.05, 3.63) is 93.4 Å². The van der Waals surface area contributed by atoms with Gasteiger partial charge in [-0.3, -0.25) is 9.48 Å².